The normalized spacial score (nSPS) is 13.1. The molecular weight excluding hydrogens is 344 g/mol. The third-order valence-electron chi connectivity index (χ3n) is 4.49. The molecule has 1 atom stereocenters. The van der Waals surface area contributed by atoms with Gasteiger partial charge < -0.3 is 24.4 Å². The molecule has 1 heterocycles. The Labute approximate surface area is 160 Å². The lowest BCUT2D eigenvalue weighted by Gasteiger charge is -2.24. The molecule has 1 unspecified atom stereocenters. The van der Waals surface area contributed by atoms with Crippen LogP contribution in [0.5, 0.6) is 17.2 Å². The summed E-state index contributed by atoms with van der Waals surface area (Å²) in [6.45, 7) is 7.85. The highest BCUT2D eigenvalue weighted by Gasteiger charge is 2.18. The average Bonchev–Trinajstić information content (AvgIpc) is 3.14. The van der Waals surface area contributed by atoms with Crippen molar-refractivity contribution in [3.05, 3.63) is 53.6 Å². The monoisotopic (exact) mass is 370 g/mol. The highest BCUT2D eigenvalue weighted by Crippen LogP contribution is 2.32. The van der Waals surface area contributed by atoms with Gasteiger partial charge >= 0.3 is 6.03 Å². The van der Waals surface area contributed by atoms with Crippen LogP contribution < -0.4 is 19.5 Å². The fraction of sp³-hybridized carbons (Fsp3) is 0.381. The first-order valence-corrected chi connectivity index (χ1v) is 9.27. The minimum absolute atomic E-state index is 0.107. The van der Waals surface area contributed by atoms with Crippen LogP contribution >= 0.6 is 0 Å². The van der Waals surface area contributed by atoms with Crippen LogP contribution in [0, 0.1) is 0 Å². The molecular formula is C21H26N2O4. The van der Waals surface area contributed by atoms with E-state index in [4.69, 9.17) is 14.2 Å². The van der Waals surface area contributed by atoms with Gasteiger partial charge in [0.15, 0.2) is 11.5 Å². The van der Waals surface area contributed by atoms with Gasteiger partial charge in [0, 0.05) is 13.1 Å². The molecule has 0 aromatic heterocycles. The summed E-state index contributed by atoms with van der Waals surface area (Å²) in [5, 5.41) is 3.06. The van der Waals surface area contributed by atoms with Gasteiger partial charge in [-0.05, 0) is 56.2 Å². The van der Waals surface area contributed by atoms with Gasteiger partial charge in [-0.2, -0.15) is 0 Å². The number of nitrogens with zero attached hydrogens (tertiary/aromatic N) is 1. The molecule has 1 N–H and O–H groups in total. The number of fused-ring (bicyclic) bond motifs is 1. The number of carbonyl (C=O) groups excluding carboxylic acids is 1. The lowest BCUT2D eigenvalue weighted by atomic mass is 10.1. The molecule has 6 heteroatoms. The van der Waals surface area contributed by atoms with Crippen LogP contribution in [0.2, 0.25) is 0 Å². The van der Waals surface area contributed by atoms with E-state index in [2.05, 4.69) is 5.32 Å². The van der Waals surface area contributed by atoms with Crippen molar-refractivity contribution >= 4 is 6.03 Å². The Morgan fingerprint density at radius 2 is 2.00 bits per heavy atom. The smallest absolute Gasteiger partial charge is 0.318 e. The van der Waals surface area contributed by atoms with Gasteiger partial charge in [0.25, 0.3) is 0 Å². The zero-order chi connectivity index (χ0) is 19.2. The molecule has 2 amide bonds. The quantitative estimate of drug-likeness (QED) is 0.797. The summed E-state index contributed by atoms with van der Waals surface area (Å²) in [5.74, 6) is 2.28. The minimum atomic E-state index is -0.122. The molecule has 0 aliphatic carbocycles. The van der Waals surface area contributed by atoms with Crippen molar-refractivity contribution in [2.45, 2.75) is 33.4 Å². The molecule has 27 heavy (non-hydrogen) atoms. The fourth-order valence-corrected chi connectivity index (χ4v) is 2.99. The molecule has 1 aliphatic heterocycles. The second kappa shape index (κ2) is 8.66. The first kappa shape index (κ1) is 18.9. The predicted octanol–water partition coefficient (Wildman–Crippen LogP) is 4.11. The molecule has 0 fully saturated rings. The van der Waals surface area contributed by atoms with E-state index >= 15 is 0 Å². The number of hydrogen-bond donors (Lipinski definition) is 1. The molecule has 0 bridgehead atoms. The van der Waals surface area contributed by atoms with E-state index in [-0.39, 0.29) is 18.9 Å². The van der Waals surface area contributed by atoms with Crippen LogP contribution in [0.4, 0.5) is 4.79 Å². The standard InChI is InChI=1S/C21H26N2O4/c1-4-23(13-16-9-10-19-20(11-16)27-14-26-19)21(24)22-15(3)17-7-6-8-18(12-17)25-5-2/h6-12,15H,4-5,13-14H2,1-3H3,(H,22,24). The second-order valence-electron chi connectivity index (χ2n) is 6.38. The maximum absolute atomic E-state index is 12.7. The van der Waals surface area contributed by atoms with E-state index in [1.165, 1.54) is 0 Å². The zero-order valence-electron chi connectivity index (χ0n) is 16.0. The van der Waals surface area contributed by atoms with Crippen molar-refractivity contribution in [2.24, 2.45) is 0 Å². The number of rotatable bonds is 7. The van der Waals surface area contributed by atoms with Gasteiger partial charge in [0.1, 0.15) is 5.75 Å². The van der Waals surface area contributed by atoms with Crippen LogP contribution in [0.1, 0.15) is 37.9 Å². The number of carbonyl (C=O) groups is 1. The van der Waals surface area contributed by atoms with Crippen LogP contribution in [-0.4, -0.2) is 30.9 Å². The van der Waals surface area contributed by atoms with Gasteiger partial charge in [-0.25, -0.2) is 4.79 Å². The van der Waals surface area contributed by atoms with Gasteiger partial charge in [0.05, 0.1) is 12.6 Å². The van der Waals surface area contributed by atoms with E-state index in [1.807, 2.05) is 63.2 Å². The van der Waals surface area contributed by atoms with Crippen LogP contribution in [0.15, 0.2) is 42.5 Å². The molecule has 1 aliphatic rings. The molecule has 144 valence electrons. The van der Waals surface area contributed by atoms with Crippen LogP contribution in [0.25, 0.3) is 0 Å². The predicted molar refractivity (Wildman–Crippen MR) is 103 cm³/mol. The van der Waals surface area contributed by atoms with E-state index < -0.39 is 0 Å². The van der Waals surface area contributed by atoms with Crippen molar-refractivity contribution in [2.75, 3.05) is 19.9 Å². The Morgan fingerprint density at radius 1 is 1.19 bits per heavy atom. The van der Waals surface area contributed by atoms with E-state index in [1.54, 1.807) is 4.90 Å². The molecule has 2 aromatic carbocycles. The highest BCUT2D eigenvalue weighted by atomic mass is 16.7. The Kier molecular flexibility index (Phi) is 6.06. The van der Waals surface area contributed by atoms with Crippen molar-refractivity contribution in [3.63, 3.8) is 0 Å². The summed E-state index contributed by atoms with van der Waals surface area (Å²) < 4.78 is 16.3. The largest absolute Gasteiger partial charge is 0.494 e. The van der Waals surface area contributed by atoms with Gasteiger partial charge in [-0.1, -0.05) is 18.2 Å². The van der Waals surface area contributed by atoms with E-state index in [0.29, 0.717) is 19.7 Å². The van der Waals surface area contributed by atoms with Crippen molar-refractivity contribution < 1.29 is 19.0 Å². The number of ether oxygens (including phenoxy) is 3. The van der Waals surface area contributed by atoms with E-state index in [0.717, 1.165) is 28.4 Å². The van der Waals surface area contributed by atoms with Crippen molar-refractivity contribution in [1.29, 1.82) is 0 Å². The fourth-order valence-electron chi connectivity index (χ4n) is 2.99. The molecule has 0 saturated carbocycles. The average molecular weight is 370 g/mol. The summed E-state index contributed by atoms with van der Waals surface area (Å²) >= 11 is 0. The first-order valence-electron chi connectivity index (χ1n) is 9.27. The van der Waals surface area contributed by atoms with Gasteiger partial charge in [0.2, 0.25) is 6.79 Å². The molecule has 0 radical (unpaired) electrons. The summed E-state index contributed by atoms with van der Waals surface area (Å²) in [4.78, 5) is 14.5. The maximum Gasteiger partial charge on any atom is 0.318 e. The third kappa shape index (κ3) is 4.64. The lowest BCUT2D eigenvalue weighted by Crippen LogP contribution is -2.40. The SMILES string of the molecule is CCOc1cccc(C(C)NC(=O)N(CC)Cc2ccc3c(c2)OCO3)c1. The second-order valence-corrected chi connectivity index (χ2v) is 6.38. The maximum atomic E-state index is 12.7. The minimum Gasteiger partial charge on any atom is -0.494 e. The number of hydrogen-bond acceptors (Lipinski definition) is 4. The lowest BCUT2D eigenvalue weighted by molar-refractivity contribution is 0.173. The van der Waals surface area contributed by atoms with Crippen LogP contribution in [0.3, 0.4) is 0 Å². The number of benzene rings is 2. The summed E-state index contributed by atoms with van der Waals surface area (Å²) in [5.41, 5.74) is 2.01. The van der Waals surface area contributed by atoms with E-state index in [9.17, 15) is 4.79 Å². The summed E-state index contributed by atoms with van der Waals surface area (Å²) in [7, 11) is 0. The third-order valence-corrected chi connectivity index (χ3v) is 4.49. The zero-order valence-corrected chi connectivity index (χ0v) is 16.0. The summed E-state index contributed by atoms with van der Waals surface area (Å²) in [6, 6.07) is 13.3. The molecule has 3 rings (SSSR count). The van der Waals surface area contributed by atoms with Crippen LogP contribution in [-0.2, 0) is 6.54 Å². The molecule has 6 nitrogen and oxygen atoms in total. The first-order chi connectivity index (χ1) is 13.1. The molecule has 0 saturated heterocycles. The summed E-state index contributed by atoms with van der Waals surface area (Å²) in [6.07, 6.45) is 0. The number of nitrogens with one attached hydrogen (secondary N) is 1. The molecule has 2 aromatic rings. The Bertz CT molecular complexity index is 794. The van der Waals surface area contributed by atoms with Crippen molar-refractivity contribution in [1.82, 2.24) is 10.2 Å². The Hall–Kier alpha value is -2.89. The molecule has 0 spiro atoms. The number of urea groups is 1. The van der Waals surface area contributed by atoms with Gasteiger partial charge in [-0.3, -0.25) is 0 Å². The van der Waals surface area contributed by atoms with Crippen molar-refractivity contribution in [3.8, 4) is 17.2 Å². The topological polar surface area (TPSA) is 60.0 Å². The Morgan fingerprint density at radius 3 is 2.78 bits per heavy atom. The van der Waals surface area contributed by atoms with Gasteiger partial charge in [-0.15, -0.1) is 0 Å². The number of amides is 2. The Balaban J connectivity index is 1.63. The highest BCUT2D eigenvalue weighted by molar-refractivity contribution is 5.74.